The molecule has 2 N–H and O–H groups in total. The number of carbonyl (C=O) groups is 1. The number of benzene rings is 1. The Morgan fingerprint density at radius 3 is 2.85 bits per heavy atom. The maximum Gasteiger partial charge on any atom is 0.322 e. The number of hydrogen-bond acceptors (Lipinski definition) is 4. The summed E-state index contributed by atoms with van der Waals surface area (Å²) in [6.07, 6.45) is 4.16. The summed E-state index contributed by atoms with van der Waals surface area (Å²) in [5.74, 6) is 0.524. The van der Waals surface area contributed by atoms with E-state index in [1.54, 1.807) is 13.1 Å². The van der Waals surface area contributed by atoms with Crippen LogP contribution in [0, 0.1) is 0 Å². The van der Waals surface area contributed by atoms with Crippen molar-refractivity contribution in [2.75, 3.05) is 6.61 Å². The van der Waals surface area contributed by atoms with E-state index < -0.39 is 6.04 Å². The van der Waals surface area contributed by atoms with Crippen LogP contribution in [0.5, 0.6) is 0 Å². The zero-order chi connectivity index (χ0) is 14.4. The van der Waals surface area contributed by atoms with Gasteiger partial charge in [0, 0.05) is 24.5 Å². The summed E-state index contributed by atoms with van der Waals surface area (Å²) < 4.78 is 6.89. The quantitative estimate of drug-likeness (QED) is 0.815. The Morgan fingerprint density at radius 2 is 2.15 bits per heavy atom. The molecule has 5 nitrogen and oxygen atoms in total. The fourth-order valence-corrected chi connectivity index (χ4v) is 1.98. The van der Waals surface area contributed by atoms with E-state index in [0.29, 0.717) is 19.6 Å². The number of aryl methyl sites for hydroxylation is 1. The second-order valence-electron chi connectivity index (χ2n) is 4.46. The fourth-order valence-electron chi connectivity index (χ4n) is 1.98. The molecule has 0 fully saturated rings. The Bertz CT molecular complexity index is 551. The third kappa shape index (κ3) is 3.45. The molecule has 0 radical (unpaired) electrons. The summed E-state index contributed by atoms with van der Waals surface area (Å²) in [5.41, 5.74) is 6.84. The van der Waals surface area contributed by atoms with Gasteiger partial charge in [0.05, 0.1) is 6.61 Å². The molecule has 0 saturated carbocycles. The van der Waals surface area contributed by atoms with Gasteiger partial charge in [0.2, 0.25) is 0 Å². The minimum Gasteiger partial charge on any atom is -0.465 e. The molecule has 2 rings (SSSR count). The zero-order valence-corrected chi connectivity index (χ0v) is 11.5. The topological polar surface area (TPSA) is 70.1 Å². The van der Waals surface area contributed by atoms with Crippen molar-refractivity contribution in [2.45, 2.75) is 25.9 Å². The first kappa shape index (κ1) is 14.3. The van der Waals surface area contributed by atoms with Gasteiger partial charge < -0.3 is 15.0 Å². The predicted molar refractivity (Wildman–Crippen MR) is 76.9 cm³/mol. The molecule has 20 heavy (non-hydrogen) atoms. The van der Waals surface area contributed by atoms with Gasteiger partial charge in [-0.15, -0.1) is 0 Å². The first-order valence-corrected chi connectivity index (χ1v) is 6.71. The summed E-state index contributed by atoms with van der Waals surface area (Å²) in [6, 6.07) is 9.32. The normalized spacial score (nSPS) is 12.1. The number of nitrogens with two attached hydrogens (primary N) is 1. The highest BCUT2D eigenvalue weighted by Gasteiger charge is 2.15. The number of esters is 1. The molecular weight excluding hydrogens is 254 g/mol. The van der Waals surface area contributed by atoms with Gasteiger partial charge in [0.25, 0.3) is 0 Å². The zero-order valence-electron chi connectivity index (χ0n) is 11.5. The van der Waals surface area contributed by atoms with E-state index >= 15 is 0 Å². The van der Waals surface area contributed by atoms with Crippen LogP contribution >= 0.6 is 0 Å². The van der Waals surface area contributed by atoms with Gasteiger partial charge >= 0.3 is 5.97 Å². The summed E-state index contributed by atoms with van der Waals surface area (Å²) in [6.45, 7) is 2.76. The lowest BCUT2D eigenvalue weighted by Gasteiger charge is -2.12. The summed E-state index contributed by atoms with van der Waals surface area (Å²) in [4.78, 5) is 15.8. The summed E-state index contributed by atoms with van der Waals surface area (Å²) in [5, 5.41) is 0. The van der Waals surface area contributed by atoms with Gasteiger partial charge in [-0.2, -0.15) is 0 Å². The largest absolute Gasteiger partial charge is 0.465 e. The van der Waals surface area contributed by atoms with E-state index in [1.807, 2.05) is 41.1 Å². The molecule has 0 aliphatic carbocycles. The molecule has 5 heteroatoms. The number of carbonyl (C=O) groups excluding carboxylic acids is 1. The van der Waals surface area contributed by atoms with Gasteiger partial charge in [-0.1, -0.05) is 30.3 Å². The monoisotopic (exact) mass is 273 g/mol. The lowest BCUT2D eigenvalue weighted by Crippen LogP contribution is -2.33. The van der Waals surface area contributed by atoms with E-state index in [1.165, 1.54) is 0 Å². The summed E-state index contributed by atoms with van der Waals surface area (Å²) in [7, 11) is 0. The SMILES string of the molecule is CCOC(=O)C(N)CCn1ccnc1-c1ccccc1. The van der Waals surface area contributed by atoms with E-state index in [9.17, 15) is 4.79 Å². The van der Waals surface area contributed by atoms with Crippen molar-refractivity contribution >= 4 is 5.97 Å². The summed E-state index contributed by atoms with van der Waals surface area (Å²) >= 11 is 0. The van der Waals surface area contributed by atoms with Gasteiger partial charge in [-0.3, -0.25) is 4.79 Å². The third-order valence-electron chi connectivity index (χ3n) is 3.02. The molecule has 0 amide bonds. The van der Waals surface area contributed by atoms with Crippen molar-refractivity contribution in [3.63, 3.8) is 0 Å². The van der Waals surface area contributed by atoms with E-state index in [2.05, 4.69) is 4.98 Å². The standard InChI is InChI=1S/C15H19N3O2/c1-2-20-15(19)13(16)8-10-18-11-9-17-14(18)12-6-4-3-5-7-12/h3-7,9,11,13H,2,8,10,16H2,1H3. The Balaban J connectivity index is 2.01. The highest BCUT2D eigenvalue weighted by Crippen LogP contribution is 2.17. The molecule has 1 unspecified atom stereocenters. The van der Waals surface area contributed by atoms with Crippen LogP contribution in [-0.2, 0) is 16.1 Å². The number of rotatable bonds is 6. The Kier molecular flexibility index (Phi) is 4.90. The van der Waals surface area contributed by atoms with Crippen molar-refractivity contribution in [2.24, 2.45) is 5.73 Å². The molecule has 106 valence electrons. The molecule has 0 aliphatic heterocycles. The van der Waals surface area contributed by atoms with Crippen LogP contribution < -0.4 is 5.73 Å². The Morgan fingerprint density at radius 1 is 1.40 bits per heavy atom. The first-order chi connectivity index (χ1) is 9.72. The maximum atomic E-state index is 11.5. The van der Waals surface area contributed by atoms with E-state index in [-0.39, 0.29) is 5.97 Å². The third-order valence-corrected chi connectivity index (χ3v) is 3.02. The van der Waals surface area contributed by atoms with Crippen molar-refractivity contribution < 1.29 is 9.53 Å². The minimum absolute atomic E-state index is 0.353. The Hall–Kier alpha value is -2.14. The lowest BCUT2D eigenvalue weighted by atomic mass is 10.2. The van der Waals surface area contributed by atoms with Crippen molar-refractivity contribution in [3.8, 4) is 11.4 Å². The molecule has 0 aliphatic rings. The van der Waals surface area contributed by atoms with Crippen LogP contribution in [0.3, 0.4) is 0 Å². The van der Waals surface area contributed by atoms with Crippen molar-refractivity contribution in [1.29, 1.82) is 0 Å². The van der Waals surface area contributed by atoms with Crippen molar-refractivity contribution in [1.82, 2.24) is 9.55 Å². The fraction of sp³-hybridized carbons (Fsp3) is 0.333. The smallest absolute Gasteiger partial charge is 0.322 e. The van der Waals surface area contributed by atoms with Crippen LogP contribution in [0.1, 0.15) is 13.3 Å². The molecule has 0 saturated heterocycles. The molecule has 1 aromatic carbocycles. The number of aromatic nitrogens is 2. The average Bonchev–Trinajstić information content (AvgIpc) is 2.94. The second-order valence-corrected chi connectivity index (χ2v) is 4.46. The highest BCUT2D eigenvalue weighted by atomic mass is 16.5. The van der Waals surface area contributed by atoms with Gasteiger partial charge in [-0.25, -0.2) is 4.98 Å². The molecular formula is C15H19N3O2. The van der Waals surface area contributed by atoms with Gasteiger partial charge in [-0.05, 0) is 13.3 Å². The van der Waals surface area contributed by atoms with E-state index in [0.717, 1.165) is 11.4 Å². The molecule has 0 bridgehead atoms. The predicted octanol–water partition coefficient (Wildman–Crippen LogP) is 1.83. The molecule has 1 heterocycles. The second kappa shape index (κ2) is 6.86. The number of hydrogen-bond donors (Lipinski definition) is 1. The number of imidazole rings is 1. The Labute approximate surface area is 118 Å². The molecule has 1 atom stereocenters. The van der Waals surface area contributed by atoms with E-state index in [4.69, 9.17) is 10.5 Å². The number of nitrogens with zero attached hydrogens (tertiary/aromatic N) is 2. The van der Waals surface area contributed by atoms with Gasteiger partial charge in [0.1, 0.15) is 11.9 Å². The molecule has 2 aromatic rings. The van der Waals surface area contributed by atoms with Crippen LogP contribution in [0.4, 0.5) is 0 Å². The van der Waals surface area contributed by atoms with Crippen molar-refractivity contribution in [3.05, 3.63) is 42.7 Å². The van der Waals surface area contributed by atoms with Crippen LogP contribution in [0.25, 0.3) is 11.4 Å². The number of ether oxygens (including phenoxy) is 1. The van der Waals surface area contributed by atoms with Gasteiger partial charge in [0.15, 0.2) is 0 Å². The maximum absolute atomic E-state index is 11.5. The minimum atomic E-state index is -0.596. The average molecular weight is 273 g/mol. The van der Waals surface area contributed by atoms with Crippen LogP contribution in [-0.4, -0.2) is 28.2 Å². The van der Waals surface area contributed by atoms with Crippen LogP contribution in [0.2, 0.25) is 0 Å². The molecule has 1 aromatic heterocycles. The highest BCUT2D eigenvalue weighted by molar-refractivity contribution is 5.75. The molecule has 0 spiro atoms. The lowest BCUT2D eigenvalue weighted by molar-refractivity contribution is -0.144. The first-order valence-electron chi connectivity index (χ1n) is 6.71. The van der Waals surface area contributed by atoms with Crippen LogP contribution in [0.15, 0.2) is 42.7 Å².